The zero-order chi connectivity index (χ0) is 6.41. The average molecular weight is 117 g/mol. The Labute approximate surface area is 49.0 Å². The Balaban J connectivity index is 2.99. The molecule has 3 heteroatoms. The number of ether oxygens (including phenoxy) is 1. The fourth-order valence-corrected chi connectivity index (χ4v) is 0.299. The number of methoxy groups -OCH3 is 1. The molecule has 1 N–H and O–H groups in total. The van der Waals surface area contributed by atoms with Crippen LogP contribution in [0.5, 0.6) is 0 Å². The summed E-state index contributed by atoms with van der Waals surface area (Å²) in [5.74, 6) is 0. The van der Waals surface area contributed by atoms with Gasteiger partial charge in [-0.05, 0) is 6.42 Å². The largest absolute Gasteiger partial charge is 0.453 e. The number of hydrogen-bond acceptors (Lipinski definition) is 2. The van der Waals surface area contributed by atoms with Gasteiger partial charge < -0.3 is 10.1 Å². The van der Waals surface area contributed by atoms with Crippen molar-refractivity contribution in [1.29, 1.82) is 0 Å². The van der Waals surface area contributed by atoms with Gasteiger partial charge in [0.1, 0.15) is 0 Å². The van der Waals surface area contributed by atoms with E-state index in [2.05, 4.69) is 10.1 Å². The summed E-state index contributed by atoms with van der Waals surface area (Å²) in [6.07, 6.45) is 0.585. The summed E-state index contributed by atoms with van der Waals surface area (Å²) in [6, 6.07) is 0. The molecule has 0 rings (SSSR count). The minimum atomic E-state index is -0.355. The number of amides is 1. The van der Waals surface area contributed by atoms with Gasteiger partial charge >= 0.3 is 6.09 Å². The summed E-state index contributed by atoms with van der Waals surface area (Å²) >= 11 is 0. The number of rotatable bonds is 2. The van der Waals surface area contributed by atoms with Gasteiger partial charge in [0.25, 0.3) is 0 Å². The van der Waals surface area contributed by atoms with Crippen molar-refractivity contribution in [1.82, 2.24) is 5.32 Å². The zero-order valence-electron chi connectivity index (χ0n) is 5.23. The van der Waals surface area contributed by atoms with E-state index < -0.39 is 0 Å². The lowest BCUT2D eigenvalue weighted by Crippen LogP contribution is -2.23. The topological polar surface area (TPSA) is 38.3 Å². The van der Waals surface area contributed by atoms with Gasteiger partial charge in [0, 0.05) is 6.54 Å². The number of carbonyl (C=O) groups is 1. The van der Waals surface area contributed by atoms with Crippen LogP contribution in [-0.4, -0.2) is 19.7 Å². The van der Waals surface area contributed by atoms with E-state index in [9.17, 15) is 4.79 Å². The molecule has 1 amide bonds. The highest BCUT2D eigenvalue weighted by atomic mass is 16.5. The van der Waals surface area contributed by atoms with Crippen molar-refractivity contribution < 1.29 is 9.53 Å². The maximum atomic E-state index is 10.2. The van der Waals surface area contributed by atoms with Gasteiger partial charge in [-0.15, -0.1) is 0 Å². The van der Waals surface area contributed by atoms with Crippen LogP contribution < -0.4 is 5.32 Å². The molecule has 0 saturated carbocycles. The van der Waals surface area contributed by atoms with Crippen molar-refractivity contribution in [3.8, 4) is 0 Å². The van der Waals surface area contributed by atoms with Crippen molar-refractivity contribution >= 4 is 6.09 Å². The molecular weight excluding hydrogens is 106 g/mol. The van der Waals surface area contributed by atoms with E-state index in [0.29, 0.717) is 6.54 Å². The Kier molecular flexibility index (Phi) is 4.03. The Morgan fingerprint density at radius 1 is 1.75 bits per heavy atom. The van der Waals surface area contributed by atoms with Gasteiger partial charge in [-0.2, -0.15) is 0 Å². The first-order valence-electron chi connectivity index (χ1n) is 2.63. The molecule has 0 aliphatic heterocycles. The van der Waals surface area contributed by atoms with Crippen molar-refractivity contribution in [2.45, 2.75) is 13.3 Å². The van der Waals surface area contributed by atoms with E-state index in [4.69, 9.17) is 0 Å². The van der Waals surface area contributed by atoms with Gasteiger partial charge in [0.05, 0.1) is 7.11 Å². The Morgan fingerprint density at radius 3 is 2.75 bits per heavy atom. The van der Waals surface area contributed by atoms with Crippen molar-refractivity contribution in [2.24, 2.45) is 0 Å². The van der Waals surface area contributed by atoms with E-state index >= 15 is 0 Å². The second-order valence-corrected chi connectivity index (χ2v) is 1.42. The van der Waals surface area contributed by atoms with Crippen LogP contribution in [0.25, 0.3) is 0 Å². The van der Waals surface area contributed by atoms with Crippen LogP contribution in [0.1, 0.15) is 13.3 Å². The third kappa shape index (κ3) is 3.46. The van der Waals surface area contributed by atoms with Crippen LogP contribution >= 0.6 is 0 Å². The molecule has 0 aromatic rings. The molecule has 0 heterocycles. The zero-order valence-corrected chi connectivity index (χ0v) is 5.23. The van der Waals surface area contributed by atoms with E-state index in [1.54, 1.807) is 0 Å². The SMILES string of the molecule is CCCNC(=O)OC. The van der Waals surface area contributed by atoms with Gasteiger partial charge in [0.2, 0.25) is 0 Å². The van der Waals surface area contributed by atoms with E-state index in [1.165, 1.54) is 7.11 Å². The summed E-state index contributed by atoms with van der Waals surface area (Å²) in [5, 5.41) is 2.52. The van der Waals surface area contributed by atoms with Crippen LogP contribution in [-0.2, 0) is 4.74 Å². The molecule has 0 aliphatic rings. The van der Waals surface area contributed by atoms with Crippen molar-refractivity contribution in [3.05, 3.63) is 0 Å². The molecule has 0 atom stereocenters. The highest BCUT2D eigenvalue weighted by molar-refractivity contribution is 5.66. The fraction of sp³-hybridized carbons (Fsp3) is 0.800. The van der Waals surface area contributed by atoms with E-state index in [-0.39, 0.29) is 6.09 Å². The minimum absolute atomic E-state index is 0.355. The van der Waals surface area contributed by atoms with Crippen LogP contribution in [0.15, 0.2) is 0 Å². The summed E-state index contributed by atoms with van der Waals surface area (Å²) in [6.45, 7) is 2.67. The van der Waals surface area contributed by atoms with Crippen molar-refractivity contribution in [2.75, 3.05) is 13.7 Å². The quantitative estimate of drug-likeness (QED) is 0.579. The predicted octanol–water partition coefficient (Wildman–Crippen LogP) is 0.752. The minimum Gasteiger partial charge on any atom is -0.453 e. The molecule has 0 aromatic heterocycles. The highest BCUT2D eigenvalue weighted by Gasteiger charge is 1.91. The molecule has 0 aliphatic carbocycles. The van der Waals surface area contributed by atoms with Gasteiger partial charge in [0.15, 0.2) is 0 Å². The average Bonchev–Trinajstić information content (AvgIpc) is 1.83. The van der Waals surface area contributed by atoms with Gasteiger partial charge in [-0.3, -0.25) is 0 Å². The molecule has 0 unspecified atom stereocenters. The third-order valence-corrected chi connectivity index (χ3v) is 0.705. The molecule has 3 nitrogen and oxygen atoms in total. The Morgan fingerprint density at radius 2 is 2.38 bits per heavy atom. The summed E-state index contributed by atoms with van der Waals surface area (Å²) in [5.41, 5.74) is 0. The van der Waals surface area contributed by atoms with Crippen LogP contribution in [0.2, 0.25) is 0 Å². The third-order valence-electron chi connectivity index (χ3n) is 0.705. The molecule has 48 valence electrons. The van der Waals surface area contributed by atoms with E-state index in [1.807, 2.05) is 6.92 Å². The number of carbonyl (C=O) groups excluding carboxylic acids is 1. The maximum absolute atomic E-state index is 10.2. The second-order valence-electron chi connectivity index (χ2n) is 1.42. The van der Waals surface area contributed by atoms with Crippen molar-refractivity contribution in [3.63, 3.8) is 0 Å². The molecule has 0 bridgehead atoms. The molecule has 0 aromatic carbocycles. The first-order valence-corrected chi connectivity index (χ1v) is 2.63. The molecule has 0 spiro atoms. The first-order chi connectivity index (χ1) is 3.81. The number of nitrogens with one attached hydrogen (secondary N) is 1. The summed E-state index contributed by atoms with van der Waals surface area (Å²) in [4.78, 5) is 10.2. The monoisotopic (exact) mass is 117 g/mol. The molecule has 0 saturated heterocycles. The molecular formula is C5H11NO2. The van der Waals surface area contributed by atoms with E-state index in [0.717, 1.165) is 6.42 Å². The Hall–Kier alpha value is -0.730. The highest BCUT2D eigenvalue weighted by Crippen LogP contribution is 1.72. The smallest absolute Gasteiger partial charge is 0.406 e. The fourth-order valence-electron chi connectivity index (χ4n) is 0.299. The molecule has 0 radical (unpaired) electrons. The van der Waals surface area contributed by atoms with Gasteiger partial charge in [-0.25, -0.2) is 4.79 Å². The second kappa shape index (κ2) is 4.43. The maximum Gasteiger partial charge on any atom is 0.406 e. The molecule has 0 fully saturated rings. The van der Waals surface area contributed by atoms with Gasteiger partial charge in [-0.1, -0.05) is 6.92 Å². The number of alkyl carbamates (subject to hydrolysis) is 1. The van der Waals surface area contributed by atoms with Crippen LogP contribution in [0, 0.1) is 0 Å². The Bertz CT molecular complexity index is 72.8. The van der Waals surface area contributed by atoms with Crippen LogP contribution in [0.4, 0.5) is 4.79 Å². The summed E-state index contributed by atoms with van der Waals surface area (Å²) < 4.78 is 4.30. The lowest BCUT2D eigenvalue weighted by molar-refractivity contribution is 0.171. The lowest BCUT2D eigenvalue weighted by atomic mass is 10.5. The first kappa shape index (κ1) is 7.27. The van der Waals surface area contributed by atoms with Crippen LogP contribution in [0.3, 0.4) is 0 Å². The normalized spacial score (nSPS) is 8.25. The summed E-state index contributed by atoms with van der Waals surface area (Å²) in [7, 11) is 1.35. The standard InChI is InChI=1S/C5H11NO2/c1-3-4-6-5(7)8-2/h3-4H2,1-2H3,(H,6,7). The number of hydrogen-bond donors (Lipinski definition) is 1. The lowest BCUT2D eigenvalue weighted by Gasteiger charge is -1.98. The molecule has 8 heavy (non-hydrogen) atoms. The predicted molar refractivity (Wildman–Crippen MR) is 30.7 cm³/mol.